The van der Waals surface area contributed by atoms with E-state index in [0.29, 0.717) is 17.7 Å². The van der Waals surface area contributed by atoms with E-state index in [4.69, 9.17) is 4.52 Å². The average Bonchev–Trinajstić information content (AvgIpc) is 3.05. The van der Waals surface area contributed by atoms with Crippen LogP contribution in [-0.2, 0) is 0 Å². The van der Waals surface area contributed by atoms with Crippen molar-refractivity contribution in [1.82, 2.24) is 15.4 Å². The minimum Gasteiger partial charge on any atom is -0.360 e. The van der Waals surface area contributed by atoms with Crippen molar-refractivity contribution in [1.29, 1.82) is 0 Å². The molecular weight excluding hydrogens is 302 g/mol. The van der Waals surface area contributed by atoms with Gasteiger partial charge in [-0.2, -0.15) is 0 Å². The number of piperidine rings is 1. The van der Waals surface area contributed by atoms with Gasteiger partial charge in [0.05, 0.1) is 0 Å². The first-order chi connectivity index (χ1) is 10.3. The molecule has 1 atom stereocenters. The van der Waals surface area contributed by atoms with Gasteiger partial charge in [-0.1, -0.05) is 5.16 Å². The van der Waals surface area contributed by atoms with Crippen molar-refractivity contribution in [3.05, 3.63) is 17.5 Å². The quantitative estimate of drug-likeness (QED) is 0.928. The third-order valence-electron chi connectivity index (χ3n) is 5.22. The first kappa shape index (κ1) is 15.8. The molecule has 2 saturated heterocycles. The highest BCUT2D eigenvalue weighted by molar-refractivity contribution is 5.92. The van der Waals surface area contributed by atoms with Crippen molar-refractivity contribution < 1.29 is 9.32 Å². The molecule has 3 aliphatic rings. The van der Waals surface area contributed by atoms with Crippen LogP contribution < -0.4 is 5.32 Å². The van der Waals surface area contributed by atoms with Crippen molar-refractivity contribution in [2.75, 3.05) is 19.6 Å². The third kappa shape index (κ3) is 3.15. The van der Waals surface area contributed by atoms with Crippen LogP contribution in [0.4, 0.5) is 0 Å². The molecule has 4 rings (SSSR count). The minimum absolute atomic E-state index is 0. The molecule has 0 radical (unpaired) electrons. The molecule has 1 unspecified atom stereocenters. The molecule has 1 amide bonds. The smallest absolute Gasteiger partial charge is 0.276 e. The Morgan fingerprint density at radius 1 is 1.23 bits per heavy atom. The molecule has 3 fully saturated rings. The van der Waals surface area contributed by atoms with Gasteiger partial charge in [-0.25, -0.2) is 0 Å². The summed E-state index contributed by atoms with van der Waals surface area (Å²) in [7, 11) is 0. The average molecular weight is 326 g/mol. The standard InChI is InChI=1S/C16H23N3O2.ClH/c20-16(14-10-15(21-18-14)12-3-4-12)19-8-5-11(6-9-19)13-2-1-7-17-13;/h10-13,17H,1-9H2;1H. The van der Waals surface area contributed by atoms with Crippen LogP contribution in [0.1, 0.15) is 60.7 Å². The maximum atomic E-state index is 12.5. The molecular formula is C16H24ClN3O2. The van der Waals surface area contributed by atoms with Gasteiger partial charge in [0.25, 0.3) is 5.91 Å². The topological polar surface area (TPSA) is 58.4 Å². The summed E-state index contributed by atoms with van der Waals surface area (Å²) in [5, 5.41) is 7.56. The number of amides is 1. The van der Waals surface area contributed by atoms with Crippen LogP contribution >= 0.6 is 12.4 Å². The molecule has 1 N–H and O–H groups in total. The fourth-order valence-corrected chi connectivity index (χ4v) is 3.73. The molecule has 0 bridgehead atoms. The van der Waals surface area contributed by atoms with Gasteiger partial charge in [0, 0.05) is 31.1 Å². The lowest BCUT2D eigenvalue weighted by atomic mass is 9.88. The molecule has 0 aromatic carbocycles. The van der Waals surface area contributed by atoms with E-state index in [9.17, 15) is 4.79 Å². The lowest BCUT2D eigenvalue weighted by Gasteiger charge is -2.34. The summed E-state index contributed by atoms with van der Waals surface area (Å²) < 4.78 is 5.30. The number of likely N-dealkylation sites (tertiary alicyclic amines) is 1. The fraction of sp³-hybridized carbons (Fsp3) is 0.750. The Kier molecular flexibility index (Phi) is 4.73. The van der Waals surface area contributed by atoms with E-state index in [0.717, 1.165) is 44.2 Å². The van der Waals surface area contributed by atoms with Gasteiger partial charge in [0.1, 0.15) is 5.76 Å². The molecule has 1 saturated carbocycles. The number of nitrogens with zero attached hydrogens (tertiary/aromatic N) is 2. The van der Waals surface area contributed by atoms with E-state index in [1.54, 1.807) is 0 Å². The molecule has 5 nitrogen and oxygen atoms in total. The van der Waals surface area contributed by atoms with Crippen molar-refractivity contribution in [3.63, 3.8) is 0 Å². The number of carbonyl (C=O) groups is 1. The van der Waals surface area contributed by atoms with Gasteiger partial charge in [-0.05, 0) is 51.0 Å². The van der Waals surface area contributed by atoms with Crippen LogP contribution in [0.3, 0.4) is 0 Å². The third-order valence-corrected chi connectivity index (χ3v) is 5.22. The molecule has 2 aliphatic heterocycles. The summed E-state index contributed by atoms with van der Waals surface area (Å²) in [5.74, 6) is 2.18. The van der Waals surface area contributed by atoms with Crippen molar-refractivity contribution in [2.45, 2.75) is 50.5 Å². The Bertz CT molecular complexity index is 515. The first-order valence-electron chi connectivity index (χ1n) is 8.30. The van der Waals surface area contributed by atoms with Crippen molar-refractivity contribution in [2.24, 2.45) is 5.92 Å². The fourth-order valence-electron chi connectivity index (χ4n) is 3.73. The van der Waals surface area contributed by atoms with E-state index in [2.05, 4.69) is 10.5 Å². The van der Waals surface area contributed by atoms with E-state index in [1.165, 1.54) is 25.7 Å². The second kappa shape index (κ2) is 6.59. The van der Waals surface area contributed by atoms with Crippen LogP contribution in [0.2, 0.25) is 0 Å². The van der Waals surface area contributed by atoms with Gasteiger partial charge >= 0.3 is 0 Å². The Balaban J connectivity index is 0.00000144. The molecule has 1 aromatic heterocycles. The SMILES string of the molecule is Cl.O=C(c1cc(C2CC2)on1)N1CCC(C2CCCN2)CC1. The number of carbonyl (C=O) groups excluding carboxylic acids is 1. The number of halogens is 1. The highest BCUT2D eigenvalue weighted by atomic mass is 35.5. The number of hydrogen-bond donors (Lipinski definition) is 1. The van der Waals surface area contributed by atoms with E-state index in [1.807, 2.05) is 11.0 Å². The summed E-state index contributed by atoms with van der Waals surface area (Å²) >= 11 is 0. The summed E-state index contributed by atoms with van der Waals surface area (Å²) in [6, 6.07) is 2.53. The van der Waals surface area contributed by atoms with Gasteiger partial charge < -0.3 is 14.7 Å². The second-order valence-electron chi connectivity index (χ2n) is 6.72. The molecule has 3 heterocycles. The zero-order chi connectivity index (χ0) is 14.2. The highest BCUT2D eigenvalue weighted by Gasteiger charge is 2.32. The number of hydrogen-bond acceptors (Lipinski definition) is 4. The number of nitrogens with one attached hydrogen (secondary N) is 1. The monoisotopic (exact) mass is 325 g/mol. The lowest BCUT2D eigenvalue weighted by Crippen LogP contribution is -2.43. The molecule has 1 aliphatic carbocycles. The molecule has 1 aromatic rings. The Morgan fingerprint density at radius 3 is 2.64 bits per heavy atom. The van der Waals surface area contributed by atoms with Gasteiger partial charge in [0.15, 0.2) is 5.69 Å². The highest BCUT2D eigenvalue weighted by Crippen LogP contribution is 2.40. The van der Waals surface area contributed by atoms with Crippen molar-refractivity contribution in [3.8, 4) is 0 Å². The van der Waals surface area contributed by atoms with Crippen LogP contribution in [0.5, 0.6) is 0 Å². The van der Waals surface area contributed by atoms with E-state index >= 15 is 0 Å². The summed E-state index contributed by atoms with van der Waals surface area (Å²) in [6.07, 6.45) is 7.15. The van der Waals surface area contributed by atoms with Crippen LogP contribution in [0.15, 0.2) is 10.6 Å². The van der Waals surface area contributed by atoms with Crippen LogP contribution in [0.25, 0.3) is 0 Å². The predicted molar refractivity (Wildman–Crippen MR) is 85.4 cm³/mol. The molecule has 122 valence electrons. The van der Waals surface area contributed by atoms with Gasteiger partial charge in [-0.3, -0.25) is 4.79 Å². The molecule has 22 heavy (non-hydrogen) atoms. The number of aromatic nitrogens is 1. The Morgan fingerprint density at radius 2 is 2.00 bits per heavy atom. The van der Waals surface area contributed by atoms with Crippen molar-refractivity contribution >= 4 is 18.3 Å². The minimum atomic E-state index is 0. The largest absolute Gasteiger partial charge is 0.360 e. The predicted octanol–water partition coefficient (Wildman–Crippen LogP) is 2.58. The van der Waals surface area contributed by atoms with Crippen LogP contribution in [-0.4, -0.2) is 41.6 Å². The Labute approximate surface area is 137 Å². The van der Waals surface area contributed by atoms with Gasteiger partial charge in [0.2, 0.25) is 0 Å². The van der Waals surface area contributed by atoms with Crippen LogP contribution in [0, 0.1) is 5.92 Å². The van der Waals surface area contributed by atoms with E-state index in [-0.39, 0.29) is 18.3 Å². The Hall–Kier alpha value is -1.07. The zero-order valence-electron chi connectivity index (χ0n) is 12.8. The summed E-state index contributed by atoms with van der Waals surface area (Å²) in [4.78, 5) is 14.4. The first-order valence-corrected chi connectivity index (χ1v) is 8.30. The summed E-state index contributed by atoms with van der Waals surface area (Å²) in [6.45, 7) is 2.87. The molecule has 0 spiro atoms. The molecule has 6 heteroatoms. The van der Waals surface area contributed by atoms with Gasteiger partial charge in [-0.15, -0.1) is 12.4 Å². The summed E-state index contributed by atoms with van der Waals surface area (Å²) in [5.41, 5.74) is 0.495. The lowest BCUT2D eigenvalue weighted by molar-refractivity contribution is 0.0664. The normalized spacial score (nSPS) is 26.0. The second-order valence-corrected chi connectivity index (χ2v) is 6.72. The maximum Gasteiger partial charge on any atom is 0.276 e. The zero-order valence-corrected chi connectivity index (χ0v) is 13.6. The number of rotatable bonds is 3. The van der Waals surface area contributed by atoms with E-state index < -0.39 is 0 Å². The maximum absolute atomic E-state index is 12.5.